The van der Waals surface area contributed by atoms with E-state index in [9.17, 15) is 18.0 Å². The van der Waals surface area contributed by atoms with E-state index in [0.717, 1.165) is 16.1 Å². The minimum Gasteiger partial charge on any atom is -0.493 e. The molecular weight excluding hydrogens is 578 g/mol. The van der Waals surface area contributed by atoms with E-state index in [4.69, 9.17) is 21.1 Å². The fraction of sp³-hybridized carbons (Fsp3) is 0.355. The van der Waals surface area contributed by atoms with Crippen LogP contribution in [-0.2, 0) is 32.6 Å². The van der Waals surface area contributed by atoms with Crippen LogP contribution in [0.15, 0.2) is 72.8 Å². The van der Waals surface area contributed by atoms with Crippen LogP contribution in [-0.4, -0.2) is 63.7 Å². The van der Waals surface area contributed by atoms with Gasteiger partial charge in [-0.3, -0.25) is 13.9 Å². The molecule has 0 bridgehead atoms. The van der Waals surface area contributed by atoms with Crippen molar-refractivity contribution in [2.75, 3.05) is 31.3 Å². The van der Waals surface area contributed by atoms with Crippen LogP contribution >= 0.6 is 11.6 Å². The molecule has 1 unspecified atom stereocenters. The highest BCUT2D eigenvalue weighted by atomic mass is 35.5. The molecule has 0 fully saturated rings. The number of sulfonamides is 1. The third-order valence-corrected chi connectivity index (χ3v) is 7.72. The molecule has 0 radical (unpaired) electrons. The lowest BCUT2D eigenvalue weighted by Gasteiger charge is -2.35. The summed E-state index contributed by atoms with van der Waals surface area (Å²) in [6.07, 6.45) is 1.23. The molecule has 3 aromatic carbocycles. The van der Waals surface area contributed by atoms with Crippen molar-refractivity contribution >= 4 is 39.1 Å². The third kappa shape index (κ3) is 9.12. The lowest BCUT2D eigenvalue weighted by molar-refractivity contribution is -0.140. The number of halogens is 1. The van der Waals surface area contributed by atoms with Crippen molar-refractivity contribution in [1.82, 2.24) is 10.2 Å². The van der Waals surface area contributed by atoms with Gasteiger partial charge in [-0.15, -0.1) is 0 Å². The van der Waals surface area contributed by atoms with Gasteiger partial charge in [0.25, 0.3) is 0 Å². The van der Waals surface area contributed by atoms with Crippen LogP contribution in [0.5, 0.6) is 11.5 Å². The Kier molecular flexibility index (Phi) is 10.9. The highest BCUT2D eigenvalue weighted by Crippen LogP contribution is 2.32. The molecule has 0 spiro atoms. The maximum absolute atomic E-state index is 14.2. The van der Waals surface area contributed by atoms with Gasteiger partial charge in [-0.2, -0.15) is 0 Å². The Hall–Kier alpha value is -3.76. The first-order valence-electron chi connectivity index (χ1n) is 13.3. The van der Waals surface area contributed by atoms with Crippen LogP contribution in [0.4, 0.5) is 5.69 Å². The molecule has 1 N–H and O–H groups in total. The fourth-order valence-corrected chi connectivity index (χ4v) is 5.49. The summed E-state index contributed by atoms with van der Waals surface area (Å²) < 4.78 is 37.7. The van der Waals surface area contributed by atoms with E-state index >= 15 is 0 Å². The fourth-order valence-electron chi connectivity index (χ4n) is 4.43. The van der Waals surface area contributed by atoms with Gasteiger partial charge in [0.15, 0.2) is 11.5 Å². The standard InChI is InChI=1S/C31H38ClN3O6S/c1-31(2,3)33-30(37)26(18-22-11-8-7-9-12-22)34(20-23-13-10-14-24(32)17-23)29(36)21-35(42(6,38)39)25-15-16-27(40-4)28(19-25)41-5/h7-17,19,26H,18,20-21H2,1-6H3,(H,33,37). The number of rotatable bonds is 12. The van der Waals surface area contributed by atoms with E-state index in [-0.39, 0.29) is 24.6 Å². The molecule has 0 saturated carbocycles. The summed E-state index contributed by atoms with van der Waals surface area (Å²) in [5.41, 5.74) is 1.17. The SMILES string of the molecule is COc1ccc(N(CC(=O)N(Cc2cccc(Cl)c2)C(Cc2ccccc2)C(=O)NC(C)(C)C)S(C)(=O)=O)cc1OC. The third-order valence-electron chi connectivity index (χ3n) is 6.35. The Morgan fingerprint density at radius 3 is 2.12 bits per heavy atom. The molecule has 3 rings (SSSR count). The first kappa shape index (κ1) is 32.8. The predicted octanol–water partition coefficient (Wildman–Crippen LogP) is 4.68. The number of carbonyl (C=O) groups is 2. The van der Waals surface area contributed by atoms with Gasteiger partial charge in [0.2, 0.25) is 21.8 Å². The highest BCUT2D eigenvalue weighted by Gasteiger charge is 2.34. The van der Waals surface area contributed by atoms with Crippen molar-refractivity contribution in [2.45, 2.75) is 45.3 Å². The predicted molar refractivity (Wildman–Crippen MR) is 166 cm³/mol. The number of hydrogen-bond donors (Lipinski definition) is 1. The molecular formula is C31H38ClN3O6S. The summed E-state index contributed by atoms with van der Waals surface area (Å²) in [5, 5.41) is 3.47. The van der Waals surface area contributed by atoms with E-state index in [2.05, 4.69) is 5.32 Å². The second-order valence-electron chi connectivity index (χ2n) is 10.9. The van der Waals surface area contributed by atoms with Crippen molar-refractivity contribution in [3.63, 3.8) is 0 Å². The Morgan fingerprint density at radius 2 is 1.55 bits per heavy atom. The van der Waals surface area contributed by atoms with Gasteiger partial charge >= 0.3 is 0 Å². The van der Waals surface area contributed by atoms with E-state index in [1.807, 2.05) is 51.1 Å². The average Bonchev–Trinajstić information content (AvgIpc) is 2.92. The number of ether oxygens (including phenoxy) is 2. The molecule has 0 aliphatic carbocycles. The lowest BCUT2D eigenvalue weighted by atomic mass is 10.0. The van der Waals surface area contributed by atoms with Crippen LogP contribution in [0.2, 0.25) is 5.02 Å². The normalized spacial score (nSPS) is 12.3. The molecule has 11 heteroatoms. The summed E-state index contributed by atoms with van der Waals surface area (Å²) >= 11 is 6.25. The van der Waals surface area contributed by atoms with Crippen molar-refractivity contribution in [3.05, 3.63) is 88.9 Å². The van der Waals surface area contributed by atoms with Crippen molar-refractivity contribution in [3.8, 4) is 11.5 Å². The lowest BCUT2D eigenvalue weighted by Crippen LogP contribution is -2.56. The minimum absolute atomic E-state index is 0.0258. The first-order valence-corrected chi connectivity index (χ1v) is 15.5. The van der Waals surface area contributed by atoms with Crippen molar-refractivity contribution in [2.24, 2.45) is 0 Å². The molecule has 0 saturated heterocycles. The molecule has 0 aliphatic heterocycles. The second kappa shape index (κ2) is 13.9. The van der Waals surface area contributed by atoms with Gasteiger partial charge in [0, 0.05) is 29.6 Å². The number of nitrogens with one attached hydrogen (secondary N) is 1. The Bertz CT molecular complexity index is 1490. The summed E-state index contributed by atoms with van der Waals surface area (Å²) in [4.78, 5) is 29.4. The Labute approximate surface area is 253 Å². The van der Waals surface area contributed by atoms with Gasteiger partial charge in [0.1, 0.15) is 12.6 Å². The van der Waals surface area contributed by atoms with Gasteiger partial charge < -0.3 is 19.7 Å². The molecule has 42 heavy (non-hydrogen) atoms. The molecule has 1 atom stereocenters. The Morgan fingerprint density at radius 1 is 0.905 bits per heavy atom. The number of nitrogens with zero attached hydrogens (tertiary/aromatic N) is 2. The van der Waals surface area contributed by atoms with Crippen LogP contribution in [0, 0.1) is 0 Å². The Balaban J connectivity index is 2.10. The van der Waals surface area contributed by atoms with E-state index in [1.54, 1.807) is 30.3 Å². The molecule has 2 amide bonds. The maximum Gasteiger partial charge on any atom is 0.244 e. The monoisotopic (exact) mass is 615 g/mol. The second-order valence-corrected chi connectivity index (χ2v) is 13.2. The molecule has 3 aromatic rings. The zero-order valence-electron chi connectivity index (χ0n) is 24.8. The minimum atomic E-state index is -3.94. The average molecular weight is 616 g/mol. The largest absolute Gasteiger partial charge is 0.493 e. The quantitative estimate of drug-likeness (QED) is 0.317. The van der Waals surface area contributed by atoms with E-state index in [1.165, 1.54) is 31.3 Å². The first-order chi connectivity index (χ1) is 19.7. The van der Waals surface area contributed by atoms with Gasteiger partial charge in [-0.05, 0) is 56.2 Å². The number of anilines is 1. The maximum atomic E-state index is 14.2. The van der Waals surface area contributed by atoms with E-state index in [0.29, 0.717) is 22.1 Å². The van der Waals surface area contributed by atoms with Crippen molar-refractivity contribution < 1.29 is 27.5 Å². The smallest absolute Gasteiger partial charge is 0.244 e. The molecule has 9 nitrogen and oxygen atoms in total. The highest BCUT2D eigenvalue weighted by molar-refractivity contribution is 7.92. The number of methoxy groups -OCH3 is 2. The van der Waals surface area contributed by atoms with Crippen LogP contribution in [0.25, 0.3) is 0 Å². The number of hydrogen-bond acceptors (Lipinski definition) is 6. The van der Waals surface area contributed by atoms with Crippen molar-refractivity contribution in [1.29, 1.82) is 0 Å². The zero-order chi connectivity index (χ0) is 31.1. The van der Waals surface area contributed by atoms with Crippen LogP contribution in [0.1, 0.15) is 31.9 Å². The summed E-state index contributed by atoms with van der Waals surface area (Å²) in [5.74, 6) is -0.220. The summed E-state index contributed by atoms with van der Waals surface area (Å²) in [6.45, 7) is 5.04. The molecule has 226 valence electrons. The number of benzene rings is 3. The summed E-state index contributed by atoms with van der Waals surface area (Å²) in [6, 6.07) is 20.0. The number of carbonyl (C=O) groups excluding carboxylic acids is 2. The van der Waals surface area contributed by atoms with Crippen LogP contribution in [0.3, 0.4) is 0 Å². The van der Waals surface area contributed by atoms with Gasteiger partial charge in [0.05, 0.1) is 26.2 Å². The number of amides is 2. The van der Waals surface area contributed by atoms with Crippen LogP contribution < -0.4 is 19.1 Å². The molecule has 0 aliphatic rings. The summed E-state index contributed by atoms with van der Waals surface area (Å²) in [7, 11) is -1.03. The van der Waals surface area contributed by atoms with Gasteiger partial charge in [-0.1, -0.05) is 54.1 Å². The topological polar surface area (TPSA) is 105 Å². The molecule has 0 aromatic heterocycles. The zero-order valence-corrected chi connectivity index (χ0v) is 26.3. The van der Waals surface area contributed by atoms with Gasteiger partial charge in [-0.25, -0.2) is 8.42 Å². The molecule has 0 heterocycles. The van der Waals surface area contributed by atoms with E-state index < -0.39 is 34.1 Å².